The van der Waals surface area contributed by atoms with Gasteiger partial charge in [-0.2, -0.15) is 0 Å². The van der Waals surface area contributed by atoms with Crippen LogP contribution in [0, 0.1) is 11.7 Å². The van der Waals surface area contributed by atoms with Gasteiger partial charge in [-0.1, -0.05) is 19.3 Å². The van der Waals surface area contributed by atoms with Gasteiger partial charge in [0.15, 0.2) is 0 Å². The highest BCUT2D eigenvalue weighted by molar-refractivity contribution is 5.36. The van der Waals surface area contributed by atoms with Crippen molar-refractivity contribution in [2.75, 3.05) is 6.61 Å². The number of halogens is 1. The summed E-state index contributed by atoms with van der Waals surface area (Å²) in [5, 5.41) is 0. The van der Waals surface area contributed by atoms with Crippen LogP contribution >= 0.6 is 0 Å². The van der Waals surface area contributed by atoms with Crippen molar-refractivity contribution in [1.29, 1.82) is 0 Å². The normalized spacial score (nSPS) is 18.6. The molecule has 1 aliphatic rings. The fourth-order valence-electron chi connectivity index (χ4n) is 2.57. The molecule has 0 bridgehead atoms. The number of nitrogens with two attached hydrogens (primary N) is 1. The second-order valence-electron chi connectivity index (χ2n) is 5.29. The zero-order chi connectivity index (χ0) is 13.0. The summed E-state index contributed by atoms with van der Waals surface area (Å²) < 4.78 is 19.0. The van der Waals surface area contributed by atoms with E-state index in [-0.39, 0.29) is 11.9 Å². The largest absolute Gasteiger partial charge is 0.493 e. The molecule has 0 saturated heterocycles. The molecule has 0 amide bonds. The van der Waals surface area contributed by atoms with Crippen molar-refractivity contribution in [2.24, 2.45) is 11.7 Å². The molecule has 2 N–H and O–H groups in total. The fourth-order valence-corrected chi connectivity index (χ4v) is 2.57. The Hall–Kier alpha value is -1.09. The van der Waals surface area contributed by atoms with Gasteiger partial charge in [0, 0.05) is 11.6 Å². The molecule has 0 aromatic heterocycles. The van der Waals surface area contributed by atoms with Crippen LogP contribution in [0.2, 0.25) is 0 Å². The molecule has 0 unspecified atom stereocenters. The Morgan fingerprint density at radius 2 is 2.06 bits per heavy atom. The van der Waals surface area contributed by atoms with Crippen LogP contribution in [-0.2, 0) is 0 Å². The first-order chi connectivity index (χ1) is 8.66. The summed E-state index contributed by atoms with van der Waals surface area (Å²) >= 11 is 0. The average molecular weight is 251 g/mol. The van der Waals surface area contributed by atoms with Crippen molar-refractivity contribution >= 4 is 0 Å². The molecule has 2 rings (SSSR count). The van der Waals surface area contributed by atoms with Crippen LogP contribution in [-0.4, -0.2) is 6.61 Å². The number of ether oxygens (including phenoxy) is 1. The molecule has 0 heterocycles. The van der Waals surface area contributed by atoms with Crippen molar-refractivity contribution in [3.05, 3.63) is 29.6 Å². The van der Waals surface area contributed by atoms with Crippen LogP contribution in [0.5, 0.6) is 5.75 Å². The van der Waals surface area contributed by atoms with E-state index < -0.39 is 0 Å². The first kappa shape index (κ1) is 13.3. The van der Waals surface area contributed by atoms with Crippen molar-refractivity contribution in [3.63, 3.8) is 0 Å². The van der Waals surface area contributed by atoms with Crippen LogP contribution in [0.4, 0.5) is 4.39 Å². The number of hydrogen-bond donors (Lipinski definition) is 1. The van der Waals surface area contributed by atoms with E-state index in [1.165, 1.54) is 44.2 Å². The van der Waals surface area contributed by atoms with Gasteiger partial charge in [0.25, 0.3) is 0 Å². The lowest BCUT2D eigenvalue weighted by atomic mass is 9.90. The highest BCUT2D eigenvalue weighted by atomic mass is 19.1. The van der Waals surface area contributed by atoms with Gasteiger partial charge in [0.2, 0.25) is 0 Å². The maximum atomic E-state index is 13.2. The molecular formula is C15H22FNO. The number of hydrogen-bond acceptors (Lipinski definition) is 2. The molecule has 1 saturated carbocycles. The summed E-state index contributed by atoms with van der Waals surface area (Å²) in [7, 11) is 0. The minimum absolute atomic E-state index is 0.206. The lowest BCUT2D eigenvalue weighted by Gasteiger charge is -2.23. The van der Waals surface area contributed by atoms with Gasteiger partial charge in [-0.05, 0) is 43.9 Å². The predicted octanol–water partition coefficient (Wildman–Crippen LogP) is 3.80. The molecule has 3 heteroatoms. The summed E-state index contributed by atoms with van der Waals surface area (Å²) in [6.45, 7) is 2.58. The van der Waals surface area contributed by atoms with Crippen molar-refractivity contribution in [2.45, 2.75) is 45.1 Å². The Labute approximate surface area is 108 Å². The zero-order valence-electron chi connectivity index (χ0n) is 11.0. The van der Waals surface area contributed by atoms with Crippen molar-refractivity contribution in [3.8, 4) is 5.75 Å². The SMILES string of the molecule is C[C@H](N)c1cc(F)ccc1OCC1CCCCC1. The summed E-state index contributed by atoms with van der Waals surface area (Å²) in [6, 6.07) is 4.39. The zero-order valence-corrected chi connectivity index (χ0v) is 11.0. The molecule has 0 radical (unpaired) electrons. The van der Waals surface area contributed by atoms with E-state index in [1.807, 2.05) is 6.92 Å². The first-order valence-electron chi connectivity index (χ1n) is 6.84. The maximum absolute atomic E-state index is 13.2. The average Bonchev–Trinajstić information content (AvgIpc) is 2.38. The Balaban J connectivity index is 1.99. The fraction of sp³-hybridized carbons (Fsp3) is 0.600. The monoisotopic (exact) mass is 251 g/mol. The van der Waals surface area contributed by atoms with E-state index in [0.717, 1.165) is 17.9 Å². The molecule has 18 heavy (non-hydrogen) atoms. The predicted molar refractivity (Wildman–Crippen MR) is 71.1 cm³/mol. The van der Waals surface area contributed by atoms with Crippen molar-refractivity contribution < 1.29 is 9.13 Å². The minimum atomic E-state index is -0.257. The third kappa shape index (κ3) is 3.45. The Kier molecular flexibility index (Phi) is 4.59. The molecule has 1 aromatic rings. The van der Waals surface area contributed by atoms with Gasteiger partial charge in [-0.25, -0.2) is 4.39 Å². The van der Waals surface area contributed by atoms with Crippen LogP contribution in [0.3, 0.4) is 0 Å². The number of benzene rings is 1. The summed E-state index contributed by atoms with van der Waals surface area (Å²) in [6.07, 6.45) is 6.44. The summed E-state index contributed by atoms with van der Waals surface area (Å²) in [4.78, 5) is 0. The highest BCUT2D eigenvalue weighted by Crippen LogP contribution is 2.28. The van der Waals surface area contributed by atoms with E-state index in [2.05, 4.69) is 0 Å². The van der Waals surface area contributed by atoms with E-state index in [9.17, 15) is 4.39 Å². The molecule has 1 fully saturated rings. The van der Waals surface area contributed by atoms with E-state index in [4.69, 9.17) is 10.5 Å². The molecule has 100 valence electrons. The van der Waals surface area contributed by atoms with Crippen LogP contribution in [0.15, 0.2) is 18.2 Å². The molecule has 1 atom stereocenters. The van der Waals surface area contributed by atoms with Gasteiger partial charge >= 0.3 is 0 Å². The third-order valence-electron chi connectivity index (χ3n) is 3.66. The van der Waals surface area contributed by atoms with E-state index in [0.29, 0.717) is 5.92 Å². The smallest absolute Gasteiger partial charge is 0.124 e. The topological polar surface area (TPSA) is 35.2 Å². The van der Waals surface area contributed by atoms with Gasteiger partial charge in [-0.15, -0.1) is 0 Å². The van der Waals surface area contributed by atoms with Gasteiger partial charge in [0.1, 0.15) is 11.6 Å². The van der Waals surface area contributed by atoms with Crippen molar-refractivity contribution in [1.82, 2.24) is 0 Å². The van der Waals surface area contributed by atoms with Crippen LogP contribution in [0.1, 0.15) is 50.6 Å². The molecule has 2 nitrogen and oxygen atoms in total. The minimum Gasteiger partial charge on any atom is -0.493 e. The van der Waals surface area contributed by atoms with Crippen LogP contribution in [0.25, 0.3) is 0 Å². The molecular weight excluding hydrogens is 229 g/mol. The maximum Gasteiger partial charge on any atom is 0.124 e. The van der Waals surface area contributed by atoms with Gasteiger partial charge in [0.05, 0.1) is 6.61 Å². The first-order valence-corrected chi connectivity index (χ1v) is 6.84. The van der Waals surface area contributed by atoms with Crippen LogP contribution < -0.4 is 10.5 Å². The molecule has 0 spiro atoms. The molecule has 0 aliphatic heterocycles. The Bertz CT molecular complexity index is 386. The van der Waals surface area contributed by atoms with E-state index in [1.54, 1.807) is 6.07 Å². The summed E-state index contributed by atoms with van der Waals surface area (Å²) in [5.74, 6) is 1.12. The quantitative estimate of drug-likeness (QED) is 0.883. The Morgan fingerprint density at radius 1 is 1.33 bits per heavy atom. The van der Waals surface area contributed by atoms with Gasteiger partial charge < -0.3 is 10.5 Å². The molecule has 1 aromatic carbocycles. The lowest BCUT2D eigenvalue weighted by Crippen LogP contribution is -2.17. The number of rotatable bonds is 4. The third-order valence-corrected chi connectivity index (χ3v) is 3.66. The Morgan fingerprint density at radius 3 is 2.72 bits per heavy atom. The standard InChI is InChI=1S/C15H22FNO/c1-11(17)14-9-13(16)7-8-15(14)18-10-12-5-3-2-4-6-12/h7-9,11-12H,2-6,10,17H2,1H3/t11-/m0/s1. The second-order valence-corrected chi connectivity index (χ2v) is 5.29. The lowest BCUT2D eigenvalue weighted by molar-refractivity contribution is 0.206. The van der Waals surface area contributed by atoms with Gasteiger partial charge in [-0.3, -0.25) is 0 Å². The second kappa shape index (κ2) is 6.19. The van der Waals surface area contributed by atoms with E-state index >= 15 is 0 Å². The highest BCUT2D eigenvalue weighted by Gasteiger charge is 2.16. The molecule has 1 aliphatic carbocycles. The summed E-state index contributed by atoms with van der Waals surface area (Å²) in [5.41, 5.74) is 6.60.